The van der Waals surface area contributed by atoms with E-state index in [1.54, 1.807) is 0 Å². The number of aromatic nitrogens is 1. The van der Waals surface area contributed by atoms with Gasteiger partial charge in [-0.25, -0.2) is 0 Å². The van der Waals surface area contributed by atoms with Gasteiger partial charge in [0.05, 0.1) is 11.1 Å². The molecule has 0 radical (unpaired) electrons. The average Bonchev–Trinajstić information content (AvgIpc) is 2.46. The normalized spacial score (nSPS) is 16.0. The maximum absolute atomic E-state index is 12.8. The summed E-state index contributed by atoms with van der Waals surface area (Å²) in [5.74, 6) is 0.748. The molecule has 1 aromatic heterocycles. The van der Waals surface area contributed by atoms with Gasteiger partial charge in [0, 0.05) is 11.9 Å². The van der Waals surface area contributed by atoms with Crippen LogP contribution in [0, 0.1) is 0 Å². The molecule has 0 spiro atoms. The van der Waals surface area contributed by atoms with Crippen LogP contribution in [-0.4, -0.2) is 10.2 Å². The number of benzene rings is 1. The summed E-state index contributed by atoms with van der Waals surface area (Å²) < 4.78 is 8.34. The van der Waals surface area contributed by atoms with Crippen LogP contribution >= 0.6 is 0 Å². The molecule has 0 N–H and O–H groups in total. The topological polar surface area (TPSA) is 31.2 Å². The fraction of sp³-hybridized carbons (Fsp3) is 0.421. The van der Waals surface area contributed by atoms with Crippen LogP contribution < -0.4 is 10.2 Å². The summed E-state index contributed by atoms with van der Waals surface area (Å²) in [6, 6.07) is 7.81. The van der Waals surface area contributed by atoms with Crippen molar-refractivity contribution in [2.24, 2.45) is 0 Å². The Hall–Kier alpha value is -2.03. The van der Waals surface area contributed by atoms with Crippen LogP contribution in [0.15, 0.2) is 40.7 Å². The van der Waals surface area contributed by atoms with Crippen molar-refractivity contribution in [3.05, 3.63) is 51.7 Å². The van der Waals surface area contributed by atoms with Crippen molar-refractivity contribution in [3.8, 4) is 5.88 Å². The molecule has 0 aliphatic carbocycles. The van der Waals surface area contributed by atoms with Crippen molar-refractivity contribution in [3.63, 3.8) is 0 Å². The molecule has 1 aliphatic rings. The zero-order chi connectivity index (χ0) is 15.9. The zero-order valence-electron chi connectivity index (χ0n) is 13.8. The first-order valence-electron chi connectivity index (χ1n) is 7.86. The second-order valence-corrected chi connectivity index (χ2v) is 6.88. The number of fused-ring (bicyclic) bond motifs is 2. The lowest BCUT2D eigenvalue weighted by molar-refractivity contribution is 0.0729. The van der Waals surface area contributed by atoms with Gasteiger partial charge in [0.2, 0.25) is 5.88 Å². The molecule has 1 aliphatic heterocycles. The molecule has 2 heterocycles. The lowest BCUT2D eigenvalue weighted by Crippen LogP contribution is -2.37. The van der Waals surface area contributed by atoms with E-state index in [0.717, 1.165) is 41.7 Å². The predicted octanol–water partition coefficient (Wildman–Crippen LogP) is 4.07. The van der Waals surface area contributed by atoms with Gasteiger partial charge in [-0.05, 0) is 52.7 Å². The number of allylic oxidation sites excluding steroid dienone is 2. The highest BCUT2D eigenvalue weighted by molar-refractivity contribution is 5.81. The summed E-state index contributed by atoms with van der Waals surface area (Å²) >= 11 is 0. The standard InChI is InChI=1S/C19H23NO2/c1-13(2)10-12-20-16-8-6-5-7-14(16)17(21)15-9-11-19(3,4)22-18(15)20/h5-8,10H,9,11-12H2,1-4H3. The highest BCUT2D eigenvalue weighted by Gasteiger charge is 2.31. The van der Waals surface area contributed by atoms with E-state index in [4.69, 9.17) is 4.74 Å². The molecule has 0 amide bonds. The molecular formula is C19H23NO2. The van der Waals surface area contributed by atoms with Crippen molar-refractivity contribution in [2.45, 2.75) is 52.7 Å². The molecule has 0 fully saturated rings. The Labute approximate surface area is 131 Å². The first kappa shape index (κ1) is 14.9. The summed E-state index contributed by atoms with van der Waals surface area (Å²) in [5, 5.41) is 0.784. The second-order valence-electron chi connectivity index (χ2n) is 6.88. The first-order chi connectivity index (χ1) is 10.4. The zero-order valence-corrected chi connectivity index (χ0v) is 13.8. The average molecular weight is 297 g/mol. The third-order valence-corrected chi connectivity index (χ3v) is 4.25. The van der Waals surface area contributed by atoms with Gasteiger partial charge in [-0.15, -0.1) is 0 Å². The predicted molar refractivity (Wildman–Crippen MR) is 90.7 cm³/mol. The first-order valence-corrected chi connectivity index (χ1v) is 7.86. The van der Waals surface area contributed by atoms with Crippen molar-refractivity contribution >= 4 is 10.9 Å². The largest absolute Gasteiger partial charge is 0.472 e. The fourth-order valence-electron chi connectivity index (χ4n) is 2.96. The van der Waals surface area contributed by atoms with Gasteiger partial charge < -0.3 is 9.30 Å². The molecule has 1 aromatic carbocycles. The summed E-state index contributed by atoms with van der Waals surface area (Å²) in [7, 11) is 0. The number of rotatable bonds is 2. The molecule has 22 heavy (non-hydrogen) atoms. The minimum Gasteiger partial charge on any atom is -0.472 e. The SMILES string of the molecule is CC(C)=CCn1c2c(c(=O)c3ccccc31)CCC(C)(C)O2. The number of nitrogens with zero attached hydrogens (tertiary/aromatic N) is 1. The monoisotopic (exact) mass is 297 g/mol. The van der Waals surface area contributed by atoms with E-state index in [9.17, 15) is 4.79 Å². The van der Waals surface area contributed by atoms with Crippen LogP contribution in [-0.2, 0) is 13.0 Å². The Bertz CT molecular complexity index is 808. The Morgan fingerprint density at radius 1 is 1.32 bits per heavy atom. The molecule has 3 nitrogen and oxygen atoms in total. The van der Waals surface area contributed by atoms with Gasteiger partial charge in [-0.3, -0.25) is 4.79 Å². The minimum absolute atomic E-state index is 0.120. The van der Waals surface area contributed by atoms with E-state index in [1.807, 2.05) is 24.3 Å². The lowest BCUT2D eigenvalue weighted by Gasteiger charge is -2.34. The van der Waals surface area contributed by atoms with Gasteiger partial charge in [-0.2, -0.15) is 0 Å². The van der Waals surface area contributed by atoms with Crippen molar-refractivity contribution in [1.82, 2.24) is 4.57 Å². The number of para-hydroxylation sites is 1. The molecule has 0 atom stereocenters. The maximum Gasteiger partial charge on any atom is 0.202 e. The molecule has 116 valence electrons. The van der Waals surface area contributed by atoms with Gasteiger partial charge in [0.25, 0.3) is 0 Å². The Balaban J connectivity index is 2.31. The molecule has 3 heteroatoms. The third kappa shape index (κ3) is 2.56. The minimum atomic E-state index is -0.228. The number of ether oxygens (including phenoxy) is 1. The van der Waals surface area contributed by atoms with E-state index < -0.39 is 0 Å². The summed E-state index contributed by atoms with van der Waals surface area (Å²) in [6.07, 6.45) is 3.82. The smallest absolute Gasteiger partial charge is 0.202 e. The van der Waals surface area contributed by atoms with Gasteiger partial charge in [-0.1, -0.05) is 23.8 Å². The Morgan fingerprint density at radius 3 is 2.77 bits per heavy atom. The highest BCUT2D eigenvalue weighted by Crippen LogP contribution is 2.33. The lowest BCUT2D eigenvalue weighted by atomic mass is 9.94. The second kappa shape index (κ2) is 5.31. The summed E-state index contributed by atoms with van der Waals surface area (Å²) in [6.45, 7) is 9.06. The molecule has 3 rings (SSSR count). The quantitative estimate of drug-likeness (QED) is 0.782. The fourth-order valence-corrected chi connectivity index (χ4v) is 2.96. The van der Waals surface area contributed by atoms with E-state index in [-0.39, 0.29) is 11.0 Å². The highest BCUT2D eigenvalue weighted by atomic mass is 16.5. The third-order valence-electron chi connectivity index (χ3n) is 4.25. The van der Waals surface area contributed by atoms with Crippen molar-refractivity contribution < 1.29 is 4.74 Å². The molecule has 0 saturated heterocycles. The van der Waals surface area contributed by atoms with Crippen molar-refractivity contribution in [2.75, 3.05) is 0 Å². The van der Waals surface area contributed by atoms with Crippen LogP contribution in [0.4, 0.5) is 0 Å². The molecule has 2 aromatic rings. The van der Waals surface area contributed by atoms with Gasteiger partial charge in [0.15, 0.2) is 5.43 Å². The van der Waals surface area contributed by atoms with Crippen LogP contribution in [0.1, 0.15) is 39.7 Å². The summed E-state index contributed by atoms with van der Waals surface area (Å²) in [5.41, 5.74) is 2.91. The van der Waals surface area contributed by atoms with Gasteiger partial charge >= 0.3 is 0 Å². The molecule has 0 unspecified atom stereocenters. The van der Waals surface area contributed by atoms with Crippen molar-refractivity contribution in [1.29, 1.82) is 0 Å². The van der Waals surface area contributed by atoms with E-state index in [1.165, 1.54) is 5.57 Å². The number of hydrogen-bond donors (Lipinski definition) is 0. The number of hydrogen-bond acceptors (Lipinski definition) is 2. The maximum atomic E-state index is 12.8. The van der Waals surface area contributed by atoms with Crippen LogP contribution in [0.5, 0.6) is 5.88 Å². The van der Waals surface area contributed by atoms with Crippen LogP contribution in [0.2, 0.25) is 0 Å². The molecule has 0 saturated carbocycles. The van der Waals surface area contributed by atoms with Crippen LogP contribution in [0.3, 0.4) is 0 Å². The Morgan fingerprint density at radius 2 is 2.05 bits per heavy atom. The van der Waals surface area contributed by atoms with Gasteiger partial charge in [0.1, 0.15) is 5.60 Å². The van der Waals surface area contributed by atoms with E-state index in [2.05, 4.69) is 38.3 Å². The van der Waals surface area contributed by atoms with E-state index >= 15 is 0 Å². The summed E-state index contributed by atoms with van der Waals surface area (Å²) in [4.78, 5) is 12.8. The Kier molecular flexibility index (Phi) is 3.59. The molecule has 0 bridgehead atoms. The van der Waals surface area contributed by atoms with Crippen LogP contribution in [0.25, 0.3) is 10.9 Å². The molecular weight excluding hydrogens is 274 g/mol. The van der Waals surface area contributed by atoms with E-state index in [0.29, 0.717) is 0 Å². The number of pyridine rings is 1.